The van der Waals surface area contributed by atoms with Gasteiger partial charge in [-0.15, -0.1) is 0 Å². The Morgan fingerprint density at radius 1 is 1.00 bits per heavy atom. The fourth-order valence-corrected chi connectivity index (χ4v) is 2.07. The van der Waals surface area contributed by atoms with Gasteiger partial charge in [0.05, 0.1) is 6.10 Å². The Hall–Kier alpha value is -1.67. The third kappa shape index (κ3) is 3.65. The summed E-state index contributed by atoms with van der Waals surface area (Å²) in [5, 5.41) is 10.2. The first-order valence-electron chi connectivity index (χ1n) is 6.64. The second kappa shape index (κ2) is 5.54. The average molecular weight is 255 g/mol. The largest absolute Gasteiger partial charge is 0.388 e. The number of rotatable bonds is 3. The standard InChI is InChI=1S/C17H21NO/c1-17(2,3)15-6-4-13(5-7-15)12-16(19)14-8-10-18-11-9-14/h4-11,16,19H,12H2,1-3H3. The van der Waals surface area contributed by atoms with Crippen LogP contribution in [0.5, 0.6) is 0 Å². The maximum Gasteiger partial charge on any atom is 0.0831 e. The molecule has 19 heavy (non-hydrogen) atoms. The quantitative estimate of drug-likeness (QED) is 0.908. The number of pyridine rings is 1. The number of aliphatic hydroxyl groups is 1. The van der Waals surface area contributed by atoms with Gasteiger partial charge in [0, 0.05) is 18.8 Å². The Morgan fingerprint density at radius 2 is 1.58 bits per heavy atom. The SMILES string of the molecule is CC(C)(C)c1ccc(CC(O)c2ccncc2)cc1. The van der Waals surface area contributed by atoms with E-state index < -0.39 is 6.10 Å². The van der Waals surface area contributed by atoms with E-state index >= 15 is 0 Å². The van der Waals surface area contributed by atoms with Crippen LogP contribution in [0.3, 0.4) is 0 Å². The first-order valence-corrected chi connectivity index (χ1v) is 6.64. The molecular formula is C17H21NO. The number of hydrogen-bond acceptors (Lipinski definition) is 2. The molecule has 0 radical (unpaired) electrons. The Bertz CT molecular complexity index is 511. The first kappa shape index (κ1) is 13.8. The summed E-state index contributed by atoms with van der Waals surface area (Å²) in [4.78, 5) is 3.96. The van der Waals surface area contributed by atoms with E-state index in [4.69, 9.17) is 0 Å². The summed E-state index contributed by atoms with van der Waals surface area (Å²) in [6, 6.07) is 12.2. The molecule has 1 unspecified atom stereocenters. The van der Waals surface area contributed by atoms with Gasteiger partial charge in [0.1, 0.15) is 0 Å². The highest BCUT2D eigenvalue weighted by Gasteiger charge is 2.14. The zero-order valence-electron chi connectivity index (χ0n) is 11.8. The molecule has 2 rings (SSSR count). The van der Waals surface area contributed by atoms with Crippen LogP contribution in [0.25, 0.3) is 0 Å². The molecule has 1 atom stereocenters. The maximum atomic E-state index is 10.2. The topological polar surface area (TPSA) is 33.1 Å². The monoisotopic (exact) mass is 255 g/mol. The molecular weight excluding hydrogens is 234 g/mol. The molecule has 2 heteroatoms. The zero-order valence-corrected chi connectivity index (χ0v) is 11.8. The van der Waals surface area contributed by atoms with E-state index in [1.54, 1.807) is 12.4 Å². The molecule has 1 heterocycles. The third-order valence-corrected chi connectivity index (χ3v) is 3.34. The second-order valence-corrected chi connectivity index (χ2v) is 5.95. The van der Waals surface area contributed by atoms with Gasteiger partial charge in [-0.05, 0) is 34.2 Å². The smallest absolute Gasteiger partial charge is 0.0831 e. The van der Waals surface area contributed by atoms with E-state index in [0.717, 1.165) is 11.1 Å². The van der Waals surface area contributed by atoms with Crippen molar-refractivity contribution >= 4 is 0 Å². The van der Waals surface area contributed by atoms with Crippen LogP contribution in [0.15, 0.2) is 48.8 Å². The van der Waals surface area contributed by atoms with Gasteiger partial charge >= 0.3 is 0 Å². The average Bonchev–Trinajstić information content (AvgIpc) is 2.39. The maximum absolute atomic E-state index is 10.2. The molecule has 1 aromatic heterocycles. The lowest BCUT2D eigenvalue weighted by Gasteiger charge is -2.19. The first-order chi connectivity index (χ1) is 8.97. The van der Waals surface area contributed by atoms with Crippen molar-refractivity contribution < 1.29 is 5.11 Å². The molecule has 0 aliphatic rings. The highest BCUT2D eigenvalue weighted by atomic mass is 16.3. The Balaban J connectivity index is 2.08. The van der Waals surface area contributed by atoms with E-state index in [-0.39, 0.29) is 5.41 Å². The normalized spacial score (nSPS) is 13.3. The molecule has 1 N–H and O–H groups in total. The van der Waals surface area contributed by atoms with Crippen LogP contribution >= 0.6 is 0 Å². The van der Waals surface area contributed by atoms with Gasteiger partial charge < -0.3 is 5.11 Å². The highest BCUT2D eigenvalue weighted by molar-refractivity contribution is 5.28. The van der Waals surface area contributed by atoms with Crippen LogP contribution in [-0.4, -0.2) is 10.1 Å². The van der Waals surface area contributed by atoms with Crippen molar-refractivity contribution in [1.82, 2.24) is 4.98 Å². The highest BCUT2D eigenvalue weighted by Crippen LogP contribution is 2.24. The predicted molar refractivity (Wildman–Crippen MR) is 78.0 cm³/mol. The summed E-state index contributed by atoms with van der Waals surface area (Å²) in [6.07, 6.45) is 3.58. The summed E-state index contributed by atoms with van der Waals surface area (Å²) in [5.41, 5.74) is 3.55. The van der Waals surface area contributed by atoms with Gasteiger partial charge in [0.15, 0.2) is 0 Å². The van der Waals surface area contributed by atoms with Crippen molar-refractivity contribution in [2.24, 2.45) is 0 Å². The summed E-state index contributed by atoms with van der Waals surface area (Å²) in [6.45, 7) is 6.61. The summed E-state index contributed by atoms with van der Waals surface area (Å²) >= 11 is 0. The van der Waals surface area contributed by atoms with Crippen LogP contribution in [0.2, 0.25) is 0 Å². The van der Waals surface area contributed by atoms with Crippen molar-refractivity contribution in [3.8, 4) is 0 Å². The number of benzene rings is 1. The van der Waals surface area contributed by atoms with E-state index in [2.05, 4.69) is 50.0 Å². The van der Waals surface area contributed by atoms with Gasteiger partial charge in [-0.3, -0.25) is 4.98 Å². The minimum atomic E-state index is -0.469. The molecule has 0 fully saturated rings. The van der Waals surface area contributed by atoms with Gasteiger partial charge in [0.25, 0.3) is 0 Å². The van der Waals surface area contributed by atoms with Crippen molar-refractivity contribution in [3.05, 3.63) is 65.5 Å². The van der Waals surface area contributed by atoms with Crippen LogP contribution in [-0.2, 0) is 11.8 Å². The lowest BCUT2D eigenvalue weighted by Crippen LogP contribution is -2.11. The van der Waals surface area contributed by atoms with E-state index in [0.29, 0.717) is 6.42 Å². The van der Waals surface area contributed by atoms with Gasteiger partial charge in [-0.2, -0.15) is 0 Å². The lowest BCUT2D eigenvalue weighted by atomic mass is 9.86. The van der Waals surface area contributed by atoms with Gasteiger partial charge in [-0.1, -0.05) is 45.0 Å². The minimum Gasteiger partial charge on any atom is -0.388 e. The molecule has 0 saturated carbocycles. The summed E-state index contributed by atoms with van der Waals surface area (Å²) in [5.74, 6) is 0. The molecule has 2 nitrogen and oxygen atoms in total. The number of hydrogen-bond donors (Lipinski definition) is 1. The fraction of sp³-hybridized carbons (Fsp3) is 0.353. The summed E-state index contributed by atoms with van der Waals surface area (Å²) < 4.78 is 0. The Morgan fingerprint density at radius 3 is 2.11 bits per heavy atom. The molecule has 0 spiro atoms. The molecule has 0 saturated heterocycles. The number of aromatic nitrogens is 1. The van der Waals surface area contributed by atoms with Crippen LogP contribution in [0.1, 0.15) is 43.6 Å². The molecule has 2 aromatic rings. The molecule has 100 valence electrons. The van der Waals surface area contributed by atoms with Crippen molar-refractivity contribution in [1.29, 1.82) is 0 Å². The van der Waals surface area contributed by atoms with Crippen LogP contribution in [0.4, 0.5) is 0 Å². The predicted octanol–water partition coefficient (Wildman–Crippen LogP) is 3.66. The zero-order chi connectivity index (χ0) is 13.9. The van der Waals surface area contributed by atoms with Crippen molar-refractivity contribution in [3.63, 3.8) is 0 Å². The van der Waals surface area contributed by atoms with Crippen LogP contribution in [0, 0.1) is 0 Å². The molecule has 0 amide bonds. The van der Waals surface area contributed by atoms with Crippen LogP contribution < -0.4 is 0 Å². The van der Waals surface area contributed by atoms with Crippen molar-refractivity contribution in [2.75, 3.05) is 0 Å². The van der Waals surface area contributed by atoms with E-state index in [1.807, 2.05) is 12.1 Å². The van der Waals surface area contributed by atoms with Crippen molar-refractivity contribution in [2.45, 2.75) is 38.7 Å². The Kier molecular flexibility index (Phi) is 4.01. The molecule has 0 aliphatic heterocycles. The fourth-order valence-electron chi connectivity index (χ4n) is 2.07. The number of aliphatic hydroxyl groups excluding tert-OH is 1. The van der Waals surface area contributed by atoms with E-state index in [1.165, 1.54) is 5.56 Å². The number of nitrogens with zero attached hydrogens (tertiary/aromatic N) is 1. The summed E-state index contributed by atoms with van der Waals surface area (Å²) in [7, 11) is 0. The van der Waals surface area contributed by atoms with Gasteiger partial charge in [0.2, 0.25) is 0 Å². The van der Waals surface area contributed by atoms with Gasteiger partial charge in [-0.25, -0.2) is 0 Å². The third-order valence-electron chi connectivity index (χ3n) is 3.34. The molecule has 0 aliphatic carbocycles. The lowest BCUT2D eigenvalue weighted by molar-refractivity contribution is 0.178. The Labute approximate surface area is 115 Å². The second-order valence-electron chi connectivity index (χ2n) is 5.95. The molecule has 0 bridgehead atoms. The minimum absolute atomic E-state index is 0.169. The molecule has 1 aromatic carbocycles. The van der Waals surface area contributed by atoms with E-state index in [9.17, 15) is 5.11 Å².